The molecule has 0 spiro atoms. The maximum absolute atomic E-state index is 3.68. The molecule has 0 aliphatic carbocycles. The summed E-state index contributed by atoms with van der Waals surface area (Å²) in [5, 5.41) is 3.68. The molecule has 3 rings (SSSR count). The quantitative estimate of drug-likeness (QED) is 0.821. The fourth-order valence-corrected chi connectivity index (χ4v) is 4.59. The molecule has 110 valence electrons. The van der Waals surface area contributed by atoms with E-state index >= 15 is 0 Å². The second-order valence-electron chi connectivity index (χ2n) is 6.96. The Hall–Kier alpha value is -0.120. The largest absolute Gasteiger partial charge is 0.313 e. The van der Waals surface area contributed by atoms with Gasteiger partial charge in [-0.3, -0.25) is 4.90 Å². The van der Waals surface area contributed by atoms with Crippen molar-refractivity contribution in [3.05, 3.63) is 0 Å². The molecule has 0 aromatic rings. The molecule has 3 nitrogen and oxygen atoms in total. The number of hydrogen-bond donors (Lipinski definition) is 1. The van der Waals surface area contributed by atoms with Crippen LogP contribution in [0.15, 0.2) is 0 Å². The first-order valence-electron chi connectivity index (χ1n) is 8.47. The molecule has 3 unspecified atom stereocenters. The topological polar surface area (TPSA) is 18.5 Å². The summed E-state index contributed by atoms with van der Waals surface area (Å²) in [6.07, 6.45) is 9.79. The van der Waals surface area contributed by atoms with Crippen LogP contribution in [0, 0.1) is 0 Å². The van der Waals surface area contributed by atoms with E-state index in [1.807, 2.05) is 0 Å². The molecule has 3 heteroatoms. The molecule has 2 bridgehead atoms. The van der Waals surface area contributed by atoms with E-state index in [0.29, 0.717) is 0 Å². The molecule has 0 aromatic heterocycles. The lowest BCUT2D eigenvalue weighted by Crippen LogP contribution is -2.51. The lowest BCUT2D eigenvalue weighted by molar-refractivity contribution is 0.0703. The van der Waals surface area contributed by atoms with Crippen molar-refractivity contribution in [1.82, 2.24) is 15.1 Å². The average molecular weight is 265 g/mol. The summed E-state index contributed by atoms with van der Waals surface area (Å²) in [4.78, 5) is 5.48. The Kier molecular flexibility index (Phi) is 4.45. The Labute approximate surface area is 118 Å². The van der Waals surface area contributed by atoms with Gasteiger partial charge in [0, 0.05) is 30.7 Å². The third kappa shape index (κ3) is 2.98. The second-order valence-corrected chi connectivity index (χ2v) is 6.96. The third-order valence-corrected chi connectivity index (χ3v) is 5.72. The van der Waals surface area contributed by atoms with Gasteiger partial charge in [-0.15, -0.1) is 0 Å². The van der Waals surface area contributed by atoms with Crippen LogP contribution >= 0.6 is 0 Å². The van der Waals surface area contributed by atoms with E-state index in [4.69, 9.17) is 0 Å². The summed E-state index contributed by atoms with van der Waals surface area (Å²) in [5.74, 6) is 0. The van der Waals surface area contributed by atoms with Gasteiger partial charge >= 0.3 is 0 Å². The molecule has 3 aliphatic heterocycles. The molecule has 3 aliphatic rings. The zero-order valence-corrected chi connectivity index (χ0v) is 12.8. The Morgan fingerprint density at radius 1 is 1.16 bits per heavy atom. The lowest BCUT2D eigenvalue weighted by atomic mass is 9.95. The number of nitrogens with zero attached hydrogens (tertiary/aromatic N) is 2. The highest BCUT2D eigenvalue weighted by molar-refractivity contribution is 4.97. The number of hydrogen-bond acceptors (Lipinski definition) is 3. The minimum Gasteiger partial charge on any atom is -0.313 e. The van der Waals surface area contributed by atoms with Crippen molar-refractivity contribution in [1.29, 1.82) is 0 Å². The van der Waals surface area contributed by atoms with Gasteiger partial charge in [0.25, 0.3) is 0 Å². The van der Waals surface area contributed by atoms with Crippen LogP contribution in [0.3, 0.4) is 0 Å². The van der Waals surface area contributed by atoms with Crippen molar-refractivity contribution in [3.8, 4) is 0 Å². The molecule has 3 saturated heterocycles. The molecule has 0 saturated carbocycles. The van der Waals surface area contributed by atoms with Gasteiger partial charge < -0.3 is 10.2 Å². The van der Waals surface area contributed by atoms with E-state index in [0.717, 1.165) is 24.2 Å². The van der Waals surface area contributed by atoms with Gasteiger partial charge in [0.2, 0.25) is 0 Å². The Balaban J connectivity index is 1.60. The van der Waals surface area contributed by atoms with Gasteiger partial charge in [-0.2, -0.15) is 0 Å². The van der Waals surface area contributed by atoms with Crippen LogP contribution in [0.1, 0.15) is 51.9 Å². The number of piperidine rings is 1. The molecule has 1 N–H and O–H groups in total. The number of rotatable bonds is 5. The zero-order chi connectivity index (χ0) is 13.2. The molecule has 0 aromatic carbocycles. The molecular weight excluding hydrogens is 234 g/mol. The maximum atomic E-state index is 3.68. The zero-order valence-electron chi connectivity index (χ0n) is 12.8. The highest BCUT2D eigenvalue weighted by Crippen LogP contribution is 2.36. The van der Waals surface area contributed by atoms with Crippen LogP contribution in [-0.2, 0) is 0 Å². The van der Waals surface area contributed by atoms with Crippen LogP contribution in [0.4, 0.5) is 0 Å². The SMILES string of the molecule is CCCN(CC1CCCN1)C1CC2CCC(C1)N2C. The smallest absolute Gasteiger partial charge is 0.0195 e. The normalized spacial score (nSPS) is 39.3. The minimum absolute atomic E-state index is 0.767. The van der Waals surface area contributed by atoms with E-state index in [1.165, 1.54) is 64.6 Å². The summed E-state index contributed by atoms with van der Waals surface area (Å²) in [6.45, 7) is 6.16. The van der Waals surface area contributed by atoms with Crippen LogP contribution in [0.5, 0.6) is 0 Å². The minimum atomic E-state index is 0.767. The highest BCUT2D eigenvalue weighted by atomic mass is 15.2. The number of nitrogens with one attached hydrogen (secondary N) is 1. The molecule has 3 atom stereocenters. The van der Waals surface area contributed by atoms with Crippen molar-refractivity contribution >= 4 is 0 Å². The molecular formula is C16H31N3. The van der Waals surface area contributed by atoms with E-state index in [9.17, 15) is 0 Å². The van der Waals surface area contributed by atoms with Crippen LogP contribution in [-0.4, -0.2) is 60.6 Å². The lowest BCUT2D eigenvalue weighted by Gasteiger charge is -2.42. The van der Waals surface area contributed by atoms with E-state index in [2.05, 4.69) is 29.1 Å². The van der Waals surface area contributed by atoms with Gasteiger partial charge in [0.05, 0.1) is 0 Å². The summed E-state index contributed by atoms with van der Waals surface area (Å²) in [7, 11) is 2.35. The van der Waals surface area contributed by atoms with Crippen molar-refractivity contribution in [2.24, 2.45) is 0 Å². The maximum Gasteiger partial charge on any atom is 0.0195 e. The van der Waals surface area contributed by atoms with Gasteiger partial charge in [-0.05, 0) is 65.1 Å². The van der Waals surface area contributed by atoms with Crippen LogP contribution in [0.25, 0.3) is 0 Å². The first-order chi connectivity index (χ1) is 9.28. The summed E-state index contributed by atoms with van der Waals surface area (Å²) < 4.78 is 0. The Morgan fingerprint density at radius 2 is 1.89 bits per heavy atom. The van der Waals surface area contributed by atoms with E-state index in [-0.39, 0.29) is 0 Å². The fraction of sp³-hybridized carbons (Fsp3) is 1.00. The molecule has 0 radical (unpaired) electrons. The summed E-state index contributed by atoms with van der Waals surface area (Å²) in [6, 6.07) is 3.37. The predicted octanol–water partition coefficient (Wildman–Crippen LogP) is 2.08. The molecule has 3 fully saturated rings. The van der Waals surface area contributed by atoms with Crippen molar-refractivity contribution in [3.63, 3.8) is 0 Å². The van der Waals surface area contributed by atoms with E-state index in [1.54, 1.807) is 0 Å². The second kappa shape index (κ2) is 6.11. The Morgan fingerprint density at radius 3 is 2.47 bits per heavy atom. The standard InChI is InChI=1S/C16H31N3/c1-3-9-19(12-13-5-4-8-17-13)16-10-14-6-7-15(11-16)18(14)2/h13-17H,3-12H2,1-2H3. The van der Waals surface area contributed by atoms with Crippen molar-refractivity contribution in [2.45, 2.75) is 76.0 Å². The summed E-state index contributed by atoms with van der Waals surface area (Å²) >= 11 is 0. The van der Waals surface area contributed by atoms with Crippen molar-refractivity contribution < 1.29 is 0 Å². The van der Waals surface area contributed by atoms with Crippen LogP contribution < -0.4 is 5.32 Å². The average Bonchev–Trinajstić information content (AvgIpc) is 2.95. The summed E-state index contributed by atoms with van der Waals surface area (Å²) in [5.41, 5.74) is 0. The van der Waals surface area contributed by atoms with Gasteiger partial charge in [-0.25, -0.2) is 0 Å². The Bertz CT molecular complexity index is 274. The first-order valence-corrected chi connectivity index (χ1v) is 8.47. The molecule has 0 amide bonds. The van der Waals surface area contributed by atoms with Gasteiger partial charge in [0.1, 0.15) is 0 Å². The highest BCUT2D eigenvalue weighted by Gasteiger charge is 2.40. The van der Waals surface area contributed by atoms with E-state index < -0.39 is 0 Å². The van der Waals surface area contributed by atoms with Crippen molar-refractivity contribution in [2.75, 3.05) is 26.7 Å². The monoisotopic (exact) mass is 265 g/mol. The number of fused-ring (bicyclic) bond motifs is 2. The first kappa shape index (κ1) is 13.8. The van der Waals surface area contributed by atoms with Crippen LogP contribution in [0.2, 0.25) is 0 Å². The third-order valence-electron chi connectivity index (χ3n) is 5.72. The molecule has 3 heterocycles. The fourth-order valence-electron chi connectivity index (χ4n) is 4.59. The van der Waals surface area contributed by atoms with Gasteiger partial charge in [-0.1, -0.05) is 6.92 Å². The predicted molar refractivity (Wildman–Crippen MR) is 80.5 cm³/mol. The molecule has 19 heavy (non-hydrogen) atoms. The van der Waals surface area contributed by atoms with Gasteiger partial charge in [0.15, 0.2) is 0 Å².